The van der Waals surface area contributed by atoms with Crippen LogP contribution in [0.5, 0.6) is 0 Å². The van der Waals surface area contributed by atoms with Gasteiger partial charge >= 0.3 is 0 Å². The van der Waals surface area contributed by atoms with Crippen LogP contribution < -0.4 is 5.32 Å². The summed E-state index contributed by atoms with van der Waals surface area (Å²) in [6, 6.07) is 5.34. The highest BCUT2D eigenvalue weighted by Gasteiger charge is 2.19. The normalized spacial score (nSPS) is 10.8. The third kappa shape index (κ3) is 2.96. The molecule has 0 aliphatic carbocycles. The molecule has 0 bridgehead atoms. The zero-order valence-corrected chi connectivity index (χ0v) is 11.8. The summed E-state index contributed by atoms with van der Waals surface area (Å²) in [6.45, 7) is 5.81. The van der Waals surface area contributed by atoms with E-state index in [0.29, 0.717) is 16.4 Å². The van der Waals surface area contributed by atoms with Gasteiger partial charge in [-0.15, -0.1) is 0 Å². The van der Waals surface area contributed by atoms with Gasteiger partial charge in [0.25, 0.3) is 5.91 Å². The Hall–Kier alpha value is -1.81. The molecule has 2 rings (SSSR count). The highest BCUT2D eigenvalue weighted by molar-refractivity contribution is 6.31. The Morgan fingerprint density at radius 1 is 1.42 bits per heavy atom. The van der Waals surface area contributed by atoms with Crippen molar-refractivity contribution in [3.05, 3.63) is 46.6 Å². The second-order valence-electron chi connectivity index (χ2n) is 4.63. The highest BCUT2D eigenvalue weighted by Crippen LogP contribution is 2.23. The van der Waals surface area contributed by atoms with Crippen molar-refractivity contribution in [3.63, 3.8) is 0 Å². The molecular weight excluding hydrogens is 264 g/mol. The SMILES string of the molecule is Cc1ccc(Cl)cc1NC(=O)c1ocnc1C(C)C. The molecule has 0 fully saturated rings. The summed E-state index contributed by atoms with van der Waals surface area (Å²) >= 11 is 5.92. The number of amides is 1. The maximum absolute atomic E-state index is 12.2. The van der Waals surface area contributed by atoms with E-state index in [9.17, 15) is 4.79 Å². The second kappa shape index (κ2) is 5.45. The number of carbonyl (C=O) groups excluding carboxylic acids is 1. The Morgan fingerprint density at radius 2 is 2.16 bits per heavy atom. The molecule has 4 nitrogen and oxygen atoms in total. The van der Waals surface area contributed by atoms with Gasteiger partial charge in [0.1, 0.15) is 0 Å². The van der Waals surface area contributed by atoms with Gasteiger partial charge in [0.15, 0.2) is 6.39 Å². The van der Waals surface area contributed by atoms with Gasteiger partial charge in [0, 0.05) is 10.7 Å². The van der Waals surface area contributed by atoms with Crippen LogP contribution in [-0.4, -0.2) is 10.9 Å². The average Bonchev–Trinajstić information content (AvgIpc) is 2.83. The van der Waals surface area contributed by atoms with Gasteiger partial charge in [-0.05, 0) is 30.5 Å². The van der Waals surface area contributed by atoms with Crippen molar-refractivity contribution >= 4 is 23.2 Å². The Balaban J connectivity index is 2.26. The predicted octanol–water partition coefficient (Wildman–Crippen LogP) is 4.01. The Bertz CT molecular complexity index is 605. The molecule has 0 saturated heterocycles. The number of hydrogen-bond donors (Lipinski definition) is 1. The van der Waals surface area contributed by atoms with Gasteiger partial charge in [-0.2, -0.15) is 0 Å². The molecule has 1 aromatic carbocycles. The molecule has 0 atom stereocenters. The molecule has 0 aliphatic rings. The average molecular weight is 279 g/mol. The van der Waals surface area contributed by atoms with Gasteiger partial charge in [-0.3, -0.25) is 4.79 Å². The van der Waals surface area contributed by atoms with E-state index in [1.165, 1.54) is 6.39 Å². The first-order valence-electron chi connectivity index (χ1n) is 6.00. The number of anilines is 1. The van der Waals surface area contributed by atoms with Crippen LogP contribution in [0.3, 0.4) is 0 Å². The molecule has 19 heavy (non-hydrogen) atoms. The monoisotopic (exact) mass is 278 g/mol. The van der Waals surface area contributed by atoms with Crippen molar-refractivity contribution in [3.8, 4) is 0 Å². The number of carbonyl (C=O) groups is 1. The number of oxazole rings is 1. The maximum Gasteiger partial charge on any atom is 0.293 e. The summed E-state index contributed by atoms with van der Waals surface area (Å²) in [6.07, 6.45) is 1.29. The smallest absolute Gasteiger partial charge is 0.293 e. The number of aromatic nitrogens is 1. The van der Waals surface area contributed by atoms with Gasteiger partial charge in [-0.1, -0.05) is 31.5 Å². The fraction of sp³-hybridized carbons (Fsp3) is 0.286. The quantitative estimate of drug-likeness (QED) is 0.923. The van der Waals surface area contributed by atoms with Crippen molar-refractivity contribution < 1.29 is 9.21 Å². The number of rotatable bonds is 3. The Labute approximate surface area is 116 Å². The molecule has 1 aromatic heterocycles. The summed E-state index contributed by atoms with van der Waals surface area (Å²) < 4.78 is 5.17. The summed E-state index contributed by atoms with van der Waals surface area (Å²) in [7, 11) is 0. The van der Waals surface area contributed by atoms with Crippen LogP contribution in [0.25, 0.3) is 0 Å². The minimum Gasteiger partial charge on any atom is -0.438 e. The molecule has 2 aromatic rings. The molecule has 5 heteroatoms. The first-order valence-corrected chi connectivity index (χ1v) is 6.37. The summed E-state index contributed by atoms with van der Waals surface area (Å²) in [4.78, 5) is 16.2. The molecule has 0 spiro atoms. The fourth-order valence-electron chi connectivity index (χ4n) is 1.74. The van der Waals surface area contributed by atoms with E-state index < -0.39 is 0 Å². The van der Waals surface area contributed by atoms with Crippen LogP contribution in [0.1, 0.15) is 41.6 Å². The van der Waals surface area contributed by atoms with Crippen LogP contribution in [0.2, 0.25) is 5.02 Å². The van der Waals surface area contributed by atoms with E-state index in [0.717, 1.165) is 5.56 Å². The molecule has 0 aliphatic heterocycles. The maximum atomic E-state index is 12.2. The topological polar surface area (TPSA) is 55.1 Å². The van der Waals surface area contributed by atoms with Gasteiger partial charge < -0.3 is 9.73 Å². The van der Waals surface area contributed by atoms with Gasteiger partial charge in [-0.25, -0.2) is 4.98 Å². The molecule has 1 amide bonds. The van der Waals surface area contributed by atoms with Crippen LogP contribution in [0, 0.1) is 6.92 Å². The third-order valence-corrected chi connectivity index (χ3v) is 3.03. The van der Waals surface area contributed by atoms with Crippen LogP contribution in [0.15, 0.2) is 29.0 Å². The van der Waals surface area contributed by atoms with E-state index in [4.69, 9.17) is 16.0 Å². The first kappa shape index (κ1) is 13.6. The van der Waals surface area contributed by atoms with Crippen molar-refractivity contribution in [2.75, 3.05) is 5.32 Å². The second-order valence-corrected chi connectivity index (χ2v) is 5.07. The number of benzene rings is 1. The molecule has 0 radical (unpaired) electrons. The molecule has 1 heterocycles. The molecule has 1 N–H and O–H groups in total. The van der Waals surface area contributed by atoms with Gasteiger partial charge in [0.05, 0.1) is 5.69 Å². The zero-order chi connectivity index (χ0) is 14.0. The lowest BCUT2D eigenvalue weighted by Gasteiger charge is -2.09. The number of nitrogens with one attached hydrogen (secondary N) is 1. The van der Waals surface area contributed by atoms with E-state index in [2.05, 4.69) is 10.3 Å². The number of hydrogen-bond acceptors (Lipinski definition) is 3. The Morgan fingerprint density at radius 3 is 2.84 bits per heavy atom. The largest absolute Gasteiger partial charge is 0.438 e. The lowest BCUT2D eigenvalue weighted by atomic mass is 10.1. The first-order chi connectivity index (χ1) is 8.99. The molecular formula is C14H15ClN2O2. The summed E-state index contributed by atoms with van der Waals surface area (Å²) in [5.74, 6) is 0.0564. The van der Waals surface area contributed by atoms with Crippen LogP contribution >= 0.6 is 11.6 Å². The van der Waals surface area contributed by atoms with Crippen LogP contribution in [0.4, 0.5) is 5.69 Å². The third-order valence-electron chi connectivity index (χ3n) is 2.80. The van der Waals surface area contributed by atoms with Crippen LogP contribution in [-0.2, 0) is 0 Å². The lowest BCUT2D eigenvalue weighted by molar-refractivity contribution is 0.0995. The number of aryl methyl sites for hydroxylation is 1. The summed E-state index contributed by atoms with van der Waals surface area (Å²) in [5.41, 5.74) is 2.25. The number of nitrogens with zero attached hydrogens (tertiary/aromatic N) is 1. The standard InChI is InChI=1S/C14H15ClN2O2/c1-8(2)12-13(19-7-16-12)14(18)17-11-6-10(15)5-4-9(11)3/h4-8H,1-3H3,(H,17,18). The number of halogens is 1. The van der Waals surface area contributed by atoms with E-state index in [-0.39, 0.29) is 17.6 Å². The van der Waals surface area contributed by atoms with Crippen molar-refractivity contribution in [2.45, 2.75) is 26.7 Å². The predicted molar refractivity (Wildman–Crippen MR) is 74.7 cm³/mol. The molecule has 0 unspecified atom stereocenters. The molecule has 100 valence electrons. The van der Waals surface area contributed by atoms with E-state index in [1.807, 2.05) is 26.8 Å². The highest BCUT2D eigenvalue weighted by atomic mass is 35.5. The lowest BCUT2D eigenvalue weighted by Crippen LogP contribution is -2.14. The van der Waals surface area contributed by atoms with Crippen molar-refractivity contribution in [2.24, 2.45) is 0 Å². The minimum absolute atomic E-state index is 0.125. The van der Waals surface area contributed by atoms with Crippen molar-refractivity contribution in [1.82, 2.24) is 4.98 Å². The van der Waals surface area contributed by atoms with Crippen molar-refractivity contribution in [1.29, 1.82) is 0 Å². The molecule has 0 saturated carbocycles. The van der Waals surface area contributed by atoms with E-state index in [1.54, 1.807) is 12.1 Å². The van der Waals surface area contributed by atoms with Gasteiger partial charge in [0.2, 0.25) is 5.76 Å². The summed E-state index contributed by atoms with van der Waals surface area (Å²) in [5, 5.41) is 3.36. The van der Waals surface area contributed by atoms with E-state index >= 15 is 0 Å². The Kier molecular flexibility index (Phi) is 3.90. The minimum atomic E-state index is -0.313. The fourth-order valence-corrected chi connectivity index (χ4v) is 1.92. The zero-order valence-electron chi connectivity index (χ0n) is 11.0.